The zero-order valence-electron chi connectivity index (χ0n) is 12.5. The van der Waals surface area contributed by atoms with Gasteiger partial charge in [-0.1, -0.05) is 0 Å². The molecule has 1 saturated carbocycles. The summed E-state index contributed by atoms with van der Waals surface area (Å²) in [5.41, 5.74) is 6.80. The second kappa shape index (κ2) is 4.84. The predicted molar refractivity (Wildman–Crippen MR) is 80.3 cm³/mol. The first-order valence-electron chi connectivity index (χ1n) is 7.63. The van der Waals surface area contributed by atoms with Crippen LogP contribution in [0.1, 0.15) is 18.4 Å². The van der Waals surface area contributed by atoms with Gasteiger partial charge in [0.05, 0.1) is 4.90 Å². The van der Waals surface area contributed by atoms with Gasteiger partial charge in [0.25, 0.3) is 0 Å². The zero-order valence-corrected chi connectivity index (χ0v) is 13.3. The Bertz CT molecular complexity index is 718. The van der Waals surface area contributed by atoms with Gasteiger partial charge in [0.2, 0.25) is 16.8 Å². The van der Waals surface area contributed by atoms with E-state index in [0.717, 1.165) is 12.8 Å². The van der Waals surface area contributed by atoms with Gasteiger partial charge >= 0.3 is 0 Å². The van der Waals surface area contributed by atoms with Crippen LogP contribution in [0.4, 0.5) is 0 Å². The molecule has 0 bridgehead atoms. The zero-order chi connectivity index (χ0) is 15.5. The van der Waals surface area contributed by atoms with Gasteiger partial charge in [-0.15, -0.1) is 0 Å². The van der Waals surface area contributed by atoms with Crippen molar-refractivity contribution in [2.24, 2.45) is 17.6 Å². The van der Waals surface area contributed by atoms with Gasteiger partial charge in [-0.25, -0.2) is 8.42 Å². The number of hydrogen-bond acceptors (Lipinski definition) is 5. The molecule has 0 amide bonds. The van der Waals surface area contributed by atoms with Gasteiger partial charge in [0, 0.05) is 25.2 Å². The smallest absolute Gasteiger partial charge is 0.243 e. The van der Waals surface area contributed by atoms with Crippen molar-refractivity contribution < 1.29 is 17.9 Å². The van der Waals surface area contributed by atoms with E-state index in [-0.39, 0.29) is 12.8 Å². The van der Waals surface area contributed by atoms with Crippen LogP contribution in [0.5, 0.6) is 11.5 Å². The standard InChI is InChI=1S/C15H20N2O4S/c1-9-4-13-14(21-8-20-13)5-15(9)22(18,19)17-6-10-2-3-12(16)11(10)7-17/h4-5,10-12H,2-3,6-8,16H2,1H3. The number of rotatable bonds is 2. The largest absolute Gasteiger partial charge is 0.454 e. The minimum Gasteiger partial charge on any atom is -0.454 e. The fourth-order valence-electron chi connectivity index (χ4n) is 3.90. The first-order valence-corrected chi connectivity index (χ1v) is 9.07. The molecular formula is C15H20N2O4S. The Labute approximate surface area is 130 Å². The summed E-state index contributed by atoms with van der Waals surface area (Å²) in [5.74, 6) is 1.81. The fraction of sp³-hybridized carbons (Fsp3) is 0.600. The second-order valence-corrected chi connectivity index (χ2v) is 8.36. The molecular weight excluding hydrogens is 304 g/mol. The van der Waals surface area contributed by atoms with Crippen molar-refractivity contribution in [3.63, 3.8) is 0 Å². The molecule has 7 heteroatoms. The molecule has 3 aliphatic rings. The van der Waals surface area contributed by atoms with Gasteiger partial charge in [0.1, 0.15) is 0 Å². The van der Waals surface area contributed by atoms with Crippen molar-refractivity contribution in [2.75, 3.05) is 19.9 Å². The highest BCUT2D eigenvalue weighted by atomic mass is 32.2. The van der Waals surface area contributed by atoms with Crippen molar-refractivity contribution in [1.29, 1.82) is 0 Å². The Hall–Kier alpha value is -1.31. The lowest BCUT2D eigenvalue weighted by Gasteiger charge is -2.20. The van der Waals surface area contributed by atoms with Crippen LogP contribution < -0.4 is 15.2 Å². The highest BCUT2D eigenvalue weighted by Gasteiger charge is 2.45. The summed E-state index contributed by atoms with van der Waals surface area (Å²) in [6.07, 6.45) is 2.03. The highest BCUT2D eigenvalue weighted by Crippen LogP contribution is 2.41. The lowest BCUT2D eigenvalue weighted by molar-refractivity contribution is 0.174. The number of nitrogens with two attached hydrogens (primary N) is 1. The number of aryl methyl sites for hydroxylation is 1. The van der Waals surface area contributed by atoms with Gasteiger partial charge in [-0.2, -0.15) is 4.31 Å². The van der Waals surface area contributed by atoms with Crippen molar-refractivity contribution in [3.05, 3.63) is 17.7 Å². The third kappa shape index (κ3) is 2.03. The molecule has 2 aliphatic heterocycles. The van der Waals surface area contributed by atoms with E-state index < -0.39 is 10.0 Å². The minimum atomic E-state index is -3.51. The average molecular weight is 324 g/mol. The Morgan fingerprint density at radius 3 is 2.64 bits per heavy atom. The molecule has 4 rings (SSSR count). The molecule has 0 spiro atoms. The Morgan fingerprint density at radius 1 is 1.18 bits per heavy atom. The summed E-state index contributed by atoms with van der Waals surface area (Å²) in [6.45, 7) is 3.04. The van der Waals surface area contributed by atoms with Crippen LogP contribution in [-0.2, 0) is 10.0 Å². The topological polar surface area (TPSA) is 81.9 Å². The molecule has 3 unspecified atom stereocenters. The maximum absolute atomic E-state index is 13.0. The van der Waals surface area contributed by atoms with Gasteiger partial charge < -0.3 is 15.2 Å². The summed E-state index contributed by atoms with van der Waals surface area (Å²) in [4.78, 5) is 0.310. The Morgan fingerprint density at radius 2 is 1.91 bits per heavy atom. The fourth-order valence-corrected chi connectivity index (χ4v) is 5.66. The van der Waals surface area contributed by atoms with Crippen molar-refractivity contribution >= 4 is 10.0 Å². The van der Waals surface area contributed by atoms with Crippen LogP contribution >= 0.6 is 0 Å². The molecule has 0 aromatic heterocycles. The van der Waals surface area contributed by atoms with Crippen LogP contribution in [0.15, 0.2) is 17.0 Å². The van der Waals surface area contributed by atoms with Gasteiger partial charge in [-0.3, -0.25) is 0 Å². The molecule has 1 aliphatic carbocycles. The van der Waals surface area contributed by atoms with Crippen LogP contribution in [0, 0.1) is 18.8 Å². The molecule has 1 aromatic rings. The van der Waals surface area contributed by atoms with Crippen molar-refractivity contribution in [1.82, 2.24) is 4.31 Å². The van der Waals surface area contributed by atoms with Gasteiger partial charge in [0.15, 0.2) is 11.5 Å². The minimum absolute atomic E-state index is 0.128. The number of ether oxygens (including phenoxy) is 2. The maximum Gasteiger partial charge on any atom is 0.243 e. The molecule has 3 atom stereocenters. The van der Waals surface area contributed by atoms with E-state index in [1.807, 2.05) is 0 Å². The average Bonchev–Trinajstić information content (AvgIpc) is 3.15. The molecule has 0 radical (unpaired) electrons. The van der Waals surface area contributed by atoms with Gasteiger partial charge in [-0.05, 0) is 43.2 Å². The van der Waals surface area contributed by atoms with E-state index in [9.17, 15) is 8.42 Å². The summed E-state index contributed by atoms with van der Waals surface area (Å²) in [7, 11) is -3.51. The molecule has 22 heavy (non-hydrogen) atoms. The monoisotopic (exact) mass is 324 g/mol. The molecule has 1 aromatic carbocycles. The van der Waals surface area contributed by atoms with E-state index in [4.69, 9.17) is 15.2 Å². The first kappa shape index (κ1) is 14.3. The quantitative estimate of drug-likeness (QED) is 0.880. The summed E-state index contributed by atoms with van der Waals surface area (Å²) >= 11 is 0. The lowest BCUT2D eigenvalue weighted by atomic mass is 9.98. The SMILES string of the molecule is Cc1cc2c(cc1S(=O)(=O)N1CC3CCC(N)C3C1)OCO2. The van der Waals surface area contributed by atoms with Crippen LogP contribution in [-0.4, -0.2) is 38.6 Å². The molecule has 1 saturated heterocycles. The van der Waals surface area contributed by atoms with E-state index in [1.54, 1.807) is 23.4 Å². The summed E-state index contributed by atoms with van der Waals surface area (Å²) < 4.78 is 38.2. The number of fused-ring (bicyclic) bond motifs is 2. The molecule has 2 fully saturated rings. The van der Waals surface area contributed by atoms with E-state index in [1.165, 1.54) is 0 Å². The molecule has 120 valence electrons. The molecule has 2 heterocycles. The Balaban J connectivity index is 1.67. The molecule has 2 N–H and O–H groups in total. The Kier molecular flexibility index (Phi) is 3.15. The summed E-state index contributed by atoms with van der Waals surface area (Å²) in [6, 6.07) is 3.45. The number of nitrogens with zero attached hydrogens (tertiary/aromatic N) is 1. The molecule has 6 nitrogen and oxygen atoms in total. The van der Waals surface area contributed by atoms with Crippen LogP contribution in [0.2, 0.25) is 0 Å². The van der Waals surface area contributed by atoms with E-state index >= 15 is 0 Å². The van der Waals surface area contributed by atoms with Crippen molar-refractivity contribution in [2.45, 2.75) is 30.7 Å². The number of hydrogen-bond donors (Lipinski definition) is 1. The normalized spacial score (nSPS) is 30.7. The van der Waals surface area contributed by atoms with E-state index in [0.29, 0.717) is 46.9 Å². The lowest BCUT2D eigenvalue weighted by Crippen LogP contribution is -2.33. The predicted octanol–water partition coefficient (Wildman–Crippen LogP) is 1.08. The summed E-state index contributed by atoms with van der Waals surface area (Å²) in [5, 5.41) is 0. The highest BCUT2D eigenvalue weighted by molar-refractivity contribution is 7.89. The second-order valence-electron chi connectivity index (χ2n) is 6.46. The first-order chi connectivity index (χ1) is 10.5. The van der Waals surface area contributed by atoms with Crippen molar-refractivity contribution in [3.8, 4) is 11.5 Å². The number of benzene rings is 1. The van der Waals surface area contributed by atoms with Crippen LogP contribution in [0.3, 0.4) is 0 Å². The van der Waals surface area contributed by atoms with E-state index in [2.05, 4.69) is 0 Å². The maximum atomic E-state index is 13.0. The van der Waals surface area contributed by atoms with Crippen LogP contribution in [0.25, 0.3) is 0 Å². The number of sulfonamides is 1. The third-order valence-corrected chi connectivity index (χ3v) is 7.14. The third-order valence-electron chi connectivity index (χ3n) is 5.17.